The van der Waals surface area contributed by atoms with Crippen molar-refractivity contribution in [1.82, 2.24) is 4.90 Å². The van der Waals surface area contributed by atoms with Crippen LogP contribution in [0.15, 0.2) is 0 Å². The second-order valence-electron chi connectivity index (χ2n) is 4.28. The molecule has 1 saturated heterocycles. The molecule has 1 atom stereocenters. The van der Waals surface area contributed by atoms with Gasteiger partial charge in [0.1, 0.15) is 6.23 Å². The maximum atomic E-state index is 8.95. The summed E-state index contributed by atoms with van der Waals surface area (Å²) >= 11 is 0. The summed E-state index contributed by atoms with van der Waals surface area (Å²) in [7, 11) is 0. The number of aliphatic hydroxyl groups is 1. The Bertz CT molecular complexity index is 159. The Morgan fingerprint density at radius 2 is 2.23 bits per heavy atom. The van der Waals surface area contributed by atoms with Gasteiger partial charge in [-0.25, -0.2) is 0 Å². The molecule has 1 heterocycles. The quantitative estimate of drug-likeness (QED) is 0.718. The Balaban J connectivity index is 2.56. The van der Waals surface area contributed by atoms with Gasteiger partial charge < -0.3 is 9.84 Å². The molecule has 0 aromatic carbocycles. The summed E-state index contributed by atoms with van der Waals surface area (Å²) in [5, 5.41) is 8.95. The summed E-state index contributed by atoms with van der Waals surface area (Å²) in [5.41, 5.74) is 0.0859. The molecule has 1 unspecified atom stereocenters. The van der Waals surface area contributed by atoms with Crippen LogP contribution in [0.2, 0.25) is 0 Å². The fourth-order valence-electron chi connectivity index (χ4n) is 1.90. The highest BCUT2D eigenvalue weighted by molar-refractivity contribution is 4.88. The molecule has 3 nitrogen and oxygen atoms in total. The molecule has 0 spiro atoms. The van der Waals surface area contributed by atoms with Crippen molar-refractivity contribution in [3.63, 3.8) is 0 Å². The van der Waals surface area contributed by atoms with Gasteiger partial charge in [0.15, 0.2) is 0 Å². The fourth-order valence-corrected chi connectivity index (χ4v) is 1.90. The van der Waals surface area contributed by atoms with Crippen LogP contribution in [0.4, 0.5) is 0 Å². The zero-order chi connectivity index (χ0) is 9.90. The molecule has 1 fully saturated rings. The monoisotopic (exact) mass is 187 g/mol. The molecule has 0 saturated carbocycles. The van der Waals surface area contributed by atoms with Crippen LogP contribution in [-0.4, -0.2) is 41.5 Å². The van der Waals surface area contributed by atoms with Crippen molar-refractivity contribution in [2.75, 3.05) is 19.8 Å². The maximum absolute atomic E-state index is 8.95. The lowest BCUT2D eigenvalue weighted by Crippen LogP contribution is -2.45. The van der Waals surface area contributed by atoms with Crippen molar-refractivity contribution in [3.8, 4) is 0 Å². The zero-order valence-electron chi connectivity index (χ0n) is 8.92. The third-order valence-corrected chi connectivity index (χ3v) is 2.63. The largest absolute Gasteiger partial charge is 0.395 e. The molecule has 0 aromatic heterocycles. The standard InChI is InChI=1S/C10H21NO2/c1-4-5-9-11(6-7-12)10(2,3)8-13-9/h9,12H,4-8H2,1-3H3. The van der Waals surface area contributed by atoms with Crippen molar-refractivity contribution in [1.29, 1.82) is 0 Å². The fraction of sp³-hybridized carbons (Fsp3) is 1.00. The minimum atomic E-state index is 0.0859. The van der Waals surface area contributed by atoms with E-state index in [0.717, 1.165) is 26.0 Å². The summed E-state index contributed by atoms with van der Waals surface area (Å²) in [6.45, 7) is 8.20. The Morgan fingerprint density at radius 3 is 2.77 bits per heavy atom. The van der Waals surface area contributed by atoms with E-state index in [1.165, 1.54) is 0 Å². The van der Waals surface area contributed by atoms with Crippen molar-refractivity contribution in [2.45, 2.75) is 45.4 Å². The second kappa shape index (κ2) is 4.40. The number of rotatable bonds is 4. The predicted octanol–water partition coefficient (Wildman–Crippen LogP) is 1.22. The van der Waals surface area contributed by atoms with Crippen LogP contribution in [0.5, 0.6) is 0 Å². The molecule has 0 bridgehead atoms. The van der Waals surface area contributed by atoms with Crippen LogP contribution in [0, 0.1) is 0 Å². The van der Waals surface area contributed by atoms with Crippen molar-refractivity contribution in [2.24, 2.45) is 0 Å². The highest BCUT2D eigenvalue weighted by Gasteiger charge is 2.39. The van der Waals surface area contributed by atoms with Gasteiger partial charge in [0.25, 0.3) is 0 Å². The molecule has 0 aromatic rings. The summed E-state index contributed by atoms with van der Waals surface area (Å²) in [4.78, 5) is 2.26. The van der Waals surface area contributed by atoms with Gasteiger partial charge in [-0.15, -0.1) is 0 Å². The highest BCUT2D eigenvalue weighted by Crippen LogP contribution is 2.28. The summed E-state index contributed by atoms with van der Waals surface area (Å²) in [6.07, 6.45) is 2.40. The SMILES string of the molecule is CCCC1OCC(C)(C)N1CCO. The first-order valence-electron chi connectivity index (χ1n) is 5.11. The zero-order valence-corrected chi connectivity index (χ0v) is 8.92. The summed E-state index contributed by atoms with van der Waals surface area (Å²) in [6, 6.07) is 0. The lowest BCUT2D eigenvalue weighted by molar-refractivity contribution is 0.00936. The van der Waals surface area contributed by atoms with E-state index in [-0.39, 0.29) is 18.4 Å². The molecule has 13 heavy (non-hydrogen) atoms. The minimum Gasteiger partial charge on any atom is -0.395 e. The van der Waals surface area contributed by atoms with Crippen molar-refractivity contribution >= 4 is 0 Å². The Morgan fingerprint density at radius 1 is 1.54 bits per heavy atom. The number of ether oxygens (including phenoxy) is 1. The van der Waals surface area contributed by atoms with Gasteiger partial charge >= 0.3 is 0 Å². The van der Waals surface area contributed by atoms with E-state index in [0.29, 0.717) is 0 Å². The first-order chi connectivity index (χ1) is 6.11. The summed E-state index contributed by atoms with van der Waals surface area (Å²) in [5.74, 6) is 0. The van der Waals surface area contributed by atoms with Crippen molar-refractivity contribution in [3.05, 3.63) is 0 Å². The molecule has 1 N–H and O–H groups in total. The van der Waals surface area contributed by atoms with E-state index < -0.39 is 0 Å². The van der Waals surface area contributed by atoms with Gasteiger partial charge in [-0.1, -0.05) is 13.3 Å². The van der Waals surface area contributed by atoms with Crippen LogP contribution in [0.25, 0.3) is 0 Å². The molecular formula is C10H21NO2. The number of β-amino-alcohol motifs (C(OH)–C–C–N with tert-alkyl or cyclic N) is 1. The van der Waals surface area contributed by atoms with E-state index in [1.54, 1.807) is 0 Å². The average molecular weight is 187 g/mol. The molecule has 1 aliphatic heterocycles. The third-order valence-electron chi connectivity index (χ3n) is 2.63. The molecule has 0 radical (unpaired) electrons. The predicted molar refractivity (Wildman–Crippen MR) is 52.5 cm³/mol. The Kier molecular flexibility index (Phi) is 3.71. The van der Waals surface area contributed by atoms with Gasteiger partial charge in [0.05, 0.1) is 13.2 Å². The van der Waals surface area contributed by atoms with Gasteiger partial charge in [0, 0.05) is 12.1 Å². The second-order valence-corrected chi connectivity index (χ2v) is 4.28. The van der Waals surface area contributed by atoms with E-state index in [4.69, 9.17) is 9.84 Å². The van der Waals surface area contributed by atoms with Crippen molar-refractivity contribution < 1.29 is 9.84 Å². The van der Waals surface area contributed by atoms with Gasteiger partial charge in [0.2, 0.25) is 0 Å². The van der Waals surface area contributed by atoms with Crippen LogP contribution < -0.4 is 0 Å². The topological polar surface area (TPSA) is 32.7 Å². The van der Waals surface area contributed by atoms with Crippen LogP contribution in [0.3, 0.4) is 0 Å². The number of nitrogens with zero attached hydrogens (tertiary/aromatic N) is 1. The molecular weight excluding hydrogens is 166 g/mol. The first-order valence-corrected chi connectivity index (χ1v) is 5.11. The molecule has 0 amide bonds. The van der Waals surface area contributed by atoms with Gasteiger partial charge in [-0.05, 0) is 20.3 Å². The third kappa shape index (κ3) is 2.42. The lowest BCUT2D eigenvalue weighted by atomic mass is 10.1. The minimum absolute atomic E-state index is 0.0859. The van der Waals surface area contributed by atoms with Crippen LogP contribution >= 0.6 is 0 Å². The van der Waals surface area contributed by atoms with E-state index in [1.807, 2.05) is 0 Å². The molecule has 78 valence electrons. The normalized spacial score (nSPS) is 28.2. The van der Waals surface area contributed by atoms with E-state index in [9.17, 15) is 0 Å². The molecule has 0 aliphatic carbocycles. The van der Waals surface area contributed by atoms with E-state index in [2.05, 4.69) is 25.7 Å². The van der Waals surface area contributed by atoms with E-state index >= 15 is 0 Å². The van der Waals surface area contributed by atoms with Gasteiger partial charge in [-0.3, -0.25) is 4.90 Å². The molecule has 1 rings (SSSR count). The maximum Gasteiger partial charge on any atom is 0.111 e. The highest BCUT2D eigenvalue weighted by atomic mass is 16.5. The Hall–Kier alpha value is -0.120. The van der Waals surface area contributed by atoms with Gasteiger partial charge in [-0.2, -0.15) is 0 Å². The van der Waals surface area contributed by atoms with Crippen LogP contribution in [-0.2, 0) is 4.74 Å². The first kappa shape index (κ1) is 11.0. The number of hydrogen-bond donors (Lipinski definition) is 1. The van der Waals surface area contributed by atoms with Crippen LogP contribution in [0.1, 0.15) is 33.6 Å². The summed E-state index contributed by atoms with van der Waals surface area (Å²) < 4.78 is 5.69. The molecule has 1 aliphatic rings. The Labute approximate surface area is 80.7 Å². The number of aliphatic hydroxyl groups excluding tert-OH is 1. The smallest absolute Gasteiger partial charge is 0.111 e. The number of hydrogen-bond acceptors (Lipinski definition) is 3. The molecule has 3 heteroatoms. The average Bonchev–Trinajstić information content (AvgIpc) is 2.33. The lowest BCUT2D eigenvalue weighted by Gasteiger charge is -2.32.